The summed E-state index contributed by atoms with van der Waals surface area (Å²) < 4.78 is 12.9. The van der Waals surface area contributed by atoms with Gasteiger partial charge in [0.25, 0.3) is 5.91 Å². The van der Waals surface area contributed by atoms with Crippen LogP contribution in [0.15, 0.2) is 48.5 Å². The minimum absolute atomic E-state index is 0.0810. The maximum absolute atomic E-state index is 12.9. The molecule has 2 aromatic carbocycles. The summed E-state index contributed by atoms with van der Waals surface area (Å²) in [6, 6.07) is 16.2. The smallest absolute Gasteiger partial charge is 0.261 e. The molecule has 1 heterocycles. The van der Waals surface area contributed by atoms with Gasteiger partial charge in [-0.15, -0.1) is 11.3 Å². The molecular formula is C22H26N2O2S2. The predicted molar refractivity (Wildman–Crippen MR) is 121 cm³/mol. The van der Waals surface area contributed by atoms with Crippen LogP contribution in [-0.2, 0) is 16.6 Å². The molecule has 1 N–H and O–H groups in total. The van der Waals surface area contributed by atoms with Crippen molar-refractivity contribution < 1.29 is 9.00 Å². The van der Waals surface area contributed by atoms with Crippen LogP contribution in [-0.4, -0.2) is 36.0 Å². The molecule has 3 aromatic rings. The third-order valence-electron chi connectivity index (χ3n) is 4.76. The van der Waals surface area contributed by atoms with Crippen molar-refractivity contribution in [2.45, 2.75) is 19.6 Å². The number of rotatable bonds is 8. The van der Waals surface area contributed by atoms with Crippen LogP contribution in [0.3, 0.4) is 0 Å². The molecule has 3 rings (SSSR count). The Balaban J connectivity index is 1.73. The fraction of sp³-hybridized carbons (Fsp3) is 0.318. The average molecular weight is 415 g/mol. The quantitative estimate of drug-likeness (QED) is 0.596. The number of amides is 1. The van der Waals surface area contributed by atoms with Crippen molar-refractivity contribution in [2.24, 2.45) is 0 Å². The highest BCUT2D eigenvalue weighted by molar-refractivity contribution is 7.83. The first-order valence-electron chi connectivity index (χ1n) is 9.40. The Kier molecular flexibility index (Phi) is 6.86. The van der Waals surface area contributed by atoms with E-state index in [1.807, 2.05) is 36.4 Å². The van der Waals surface area contributed by atoms with E-state index in [-0.39, 0.29) is 5.91 Å². The lowest BCUT2D eigenvalue weighted by molar-refractivity contribution is 0.0958. The van der Waals surface area contributed by atoms with E-state index in [4.69, 9.17) is 0 Å². The van der Waals surface area contributed by atoms with Gasteiger partial charge in [-0.05, 0) is 42.5 Å². The topological polar surface area (TPSA) is 49.4 Å². The zero-order chi connectivity index (χ0) is 20.1. The van der Waals surface area contributed by atoms with Crippen molar-refractivity contribution in [1.82, 2.24) is 5.32 Å². The summed E-state index contributed by atoms with van der Waals surface area (Å²) in [5, 5.41) is 4.09. The Morgan fingerprint density at radius 1 is 1.14 bits per heavy atom. The molecule has 0 bridgehead atoms. The van der Waals surface area contributed by atoms with Crippen molar-refractivity contribution >= 4 is 43.8 Å². The van der Waals surface area contributed by atoms with E-state index < -0.39 is 10.8 Å². The van der Waals surface area contributed by atoms with Crippen molar-refractivity contribution in [3.05, 3.63) is 64.5 Å². The fourth-order valence-electron chi connectivity index (χ4n) is 3.38. The fourth-order valence-corrected chi connectivity index (χ4v) is 5.32. The predicted octanol–water partition coefficient (Wildman–Crippen LogP) is 4.34. The molecule has 1 aromatic heterocycles. The van der Waals surface area contributed by atoms with Gasteiger partial charge >= 0.3 is 0 Å². The third kappa shape index (κ3) is 4.62. The van der Waals surface area contributed by atoms with Gasteiger partial charge in [-0.3, -0.25) is 9.00 Å². The lowest BCUT2D eigenvalue weighted by Gasteiger charge is -2.25. The molecule has 0 saturated heterocycles. The molecule has 1 amide bonds. The largest absolute Gasteiger partial charge is 0.370 e. The maximum Gasteiger partial charge on any atom is 0.261 e. The van der Waals surface area contributed by atoms with E-state index in [1.165, 1.54) is 22.6 Å². The van der Waals surface area contributed by atoms with Crippen LogP contribution in [0.4, 0.5) is 5.69 Å². The second kappa shape index (κ2) is 9.34. The standard InChI is InChI=1S/C22H26N2O2S2/c1-4-24(19-11-7-5-9-16(19)2)14-13-23-22(25)21-18(15-28(3)26)17-10-6-8-12-20(17)27-21/h5-12H,4,13-15H2,1-3H3,(H,23,25)/t28-/m0/s1. The molecule has 0 unspecified atom stereocenters. The Morgan fingerprint density at radius 2 is 1.86 bits per heavy atom. The van der Waals surface area contributed by atoms with Gasteiger partial charge in [-0.1, -0.05) is 36.4 Å². The van der Waals surface area contributed by atoms with Crippen molar-refractivity contribution in [1.29, 1.82) is 0 Å². The Labute approximate surface area is 173 Å². The highest BCUT2D eigenvalue weighted by Gasteiger charge is 2.19. The minimum Gasteiger partial charge on any atom is -0.370 e. The number of carbonyl (C=O) groups excluding carboxylic acids is 1. The second-order valence-electron chi connectivity index (χ2n) is 6.75. The van der Waals surface area contributed by atoms with E-state index in [0.29, 0.717) is 17.2 Å². The molecule has 0 saturated carbocycles. The number of nitrogens with one attached hydrogen (secondary N) is 1. The van der Waals surface area contributed by atoms with Crippen LogP contribution in [0, 0.1) is 6.92 Å². The first kappa shape index (κ1) is 20.6. The van der Waals surface area contributed by atoms with Crippen LogP contribution in [0.5, 0.6) is 0 Å². The Morgan fingerprint density at radius 3 is 2.57 bits per heavy atom. The third-order valence-corrected chi connectivity index (χ3v) is 6.66. The van der Waals surface area contributed by atoms with Gasteiger partial charge in [0, 0.05) is 47.1 Å². The van der Waals surface area contributed by atoms with Gasteiger partial charge in [0.2, 0.25) is 0 Å². The summed E-state index contributed by atoms with van der Waals surface area (Å²) in [5.74, 6) is 0.319. The van der Waals surface area contributed by atoms with E-state index in [0.717, 1.165) is 28.7 Å². The number of thiophene rings is 1. The number of likely N-dealkylation sites (N-methyl/N-ethyl adjacent to an activating group) is 1. The SMILES string of the molecule is CCN(CCNC(=O)c1sc2ccccc2c1C[S@](C)=O)c1ccccc1C. The first-order chi connectivity index (χ1) is 13.5. The van der Waals surface area contributed by atoms with Crippen LogP contribution in [0.25, 0.3) is 10.1 Å². The number of anilines is 1. The van der Waals surface area contributed by atoms with Crippen molar-refractivity contribution in [3.8, 4) is 0 Å². The summed E-state index contributed by atoms with van der Waals surface area (Å²) in [6.45, 7) is 6.40. The van der Waals surface area contributed by atoms with E-state index in [1.54, 1.807) is 6.26 Å². The van der Waals surface area contributed by atoms with E-state index in [2.05, 4.69) is 36.2 Å². The zero-order valence-corrected chi connectivity index (χ0v) is 18.2. The molecule has 0 fully saturated rings. The number of nitrogens with zero attached hydrogens (tertiary/aromatic N) is 1. The number of fused-ring (bicyclic) bond motifs is 1. The molecule has 4 nitrogen and oxygen atoms in total. The van der Waals surface area contributed by atoms with Crippen LogP contribution < -0.4 is 10.2 Å². The van der Waals surface area contributed by atoms with Gasteiger partial charge in [0.15, 0.2) is 0 Å². The number of hydrogen-bond acceptors (Lipinski definition) is 4. The zero-order valence-electron chi connectivity index (χ0n) is 16.5. The number of benzene rings is 2. The van der Waals surface area contributed by atoms with Gasteiger partial charge < -0.3 is 10.2 Å². The monoisotopic (exact) mass is 414 g/mol. The van der Waals surface area contributed by atoms with Crippen LogP contribution in [0.1, 0.15) is 27.7 Å². The molecular weight excluding hydrogens is 388 g/mol. The Bertz CT molecular complexity index is 997. The van der Waals surface area contributed by atoms with Crippen molar-refractivity contribution in [2.75, 3.05) is 30.8 Å². The summed E-state index contributed by atoms with van der Waals surface area (Å²) >= 11 is 1.48. The van der Waals surface area contributed by atoms with Crippen LogP contribution >= 0.6 is 11.3 Å². The number of hydrogen-bond donors (Lipinski definition) is 1. The number of para-hydroxylation sites is 1. The van der Waals surface area contributed by atoms with Gasteiger partial charge in [0.05, 0.1) is 10.6 Å². The molecule has 0 spiro atoms. The van der Waals surface area contributed by atoms with Gasteiger partial charge in [0.1, 0.15) is 0 Å². The lowest BCUT2D eigenvalue weighted by atomic mass is 10.1. The minimum atomic E-state index is -1.00. The highest BCUT2D eigenvalue weighted by Crippen LogP contribution is 2.32. The molecule has 28 heavy (non-hydrogen) atoms. The summed E-state index contributed by atoms with van der Waals surface area (Å²) in [5.41, 5.74) is 3.32. The van der Waals surface area contributed by atoms with E-state index >= 15 is 0 Å². The van der Waals surface area contributed by atoms with Gasteiger partial charge in [-0.25, -0.2) is 0 Å². The summed E-state index contributed by atoms with van der Waals surface area (Å²) in [4.78, 5) is 15.8. The average Bonchev–Trinajstić information content (AvgIpc) is 3.04. The van der Waals surface area contributed by atoms with E-state index in [9.17, 15) is 9.00 Å². The number of aryl methyl sites for hydroxylation is 1. The normalized spacial score (nSPS) is 12.1. The summed E-state index contributed by atoms with van der Waals surface area (Å²) in [7, 11) is -1.00. The molecule has 1 atom stereocenters. The highest BCUT2D eigenvalue weighted by atomic mass is 32.2. The molecule has 0 aliphatic rings. The van der Waals surface area contributed by atoms with Crippen molar-refractivity contribution in [3.63, 3.8) is 0 Å². The molecule has 0 aliphatic heterocycles. The molecule has 0 radical (unpaired) electrons. The lowest BCUT2D eigenvalue weighted by Crippen LogP contribution is -2.35. The molecule has 148 valence electrons. The second-order valence-corrected chi connectivity index (χ2v) is 9.23. The first-order valence-corrected chi connectivity index (χ1v) is 11.9. The number of carbonyl (C=O) groups is 1. The Hall–Kier alpha value is -2.18. The summed E-state index contributed by atoms with van der Waals surface area (Å²) in [6.07, 6.45) is 1.68. The molecule has 6 heteroatoms. The molecule has 0 aliphatic carbocycles. The van der Waals surface area contributed by atoms with Crippen LogP contribution in [0.2, 0.25) is 0 Å². The van der Waals surface area contributed by atoms with Gasteiger partial charge in [-0.2, -0.15) is 0 Å². The maximum atomic E-state index is 12.9.